The van der Waals surface area contributed by atoms with Gasteiger partial charge in [-0.2, -0.15) is 0 Å². The molecule has 0 amide bonds. The SMILES string of the molecule is CCCCCCCOC(=O)c1ccccc1C(=O)OC(C)CCC(C)C. The van der Waals surface area contributed by atoms with Crippen molar-refractivity contribution < 1.29 is 19.1 Å². The third-order valence-corrected chi connectivity index (χ3v) is 4.31. The molecule has 1 atom stereocenters. The summed E-state index contributed by atoms with van der Waals surface area (Å²) in [5.41, 5.74) is 0.557. The molecule has 1 rings (SSSR count). The van der Waals surface area contributed by atoms with E-state index in [2.05, 4.69) is 20.8 Å². The predicted molar refractivity (Wildman–Crippen MR) is 104 cm³/mol. The van der Waals surface area contributed by atoms with Gasteiger partial charge in [0.15, 0.2) is 0 Å². The van der Waals surface area contributed by atoms with E-state index >= 15 is 0 Å². The predicted octanol–water partition coefficient (Wildman–Crippen LogP) is 5.80. The standard InChI is InChI=1S/C22H34O4/c1-5-6-7-8-11-16-25-21(23)19-12-9-10-13-20(19)22(24)26-18(4)15-14-17(2)3/h9-10,12-13,17-18H,5-8,11,14-16H2,1-4H3. The van der Waals surface area contributed by atoms with E-state index in [9.17, 15) is 9.59 Å². The maximum atomic E-state index is 12.4. The topological polar surface area (TPSA) is 52.6 Å². The Labute approximate surface area is 158 Å². The minimum Gasteiger partial charge on any atom is -0.462 e. The number of benzene rings is 1. The van der Waals surface area contributed by atoms with Crippen LogP contribution >= 0.6 is 0 Å². The van der Waals surface area contributed by atoms with Gasteiger partial charge in [0, 0.05) is 0 Å². The highest BCUT2D eigenvalue weighted by Crippen LogP contribution is 2.16. The average molecular weight is 363 g/mol. The van der Waals surface area contributed by atoms with Gasteiger partial charge >= 0.3 is 11.9 Å². The molecule has 0 aliphatic carbocycles. The van der Waals surface area contributed by atoms with E-state index in [1.165, 1.54) is 12.8 Å². The summed E-state index contributed by atoms with van der Waals surface area (Å²) < 4.78 is 10.8. The van der Waals surface area contributed by atoms with Crippen LogP contribution in [-0.2, 0) is 9.47 Å². The van der Waals surface area contributed by atoms with E-state index in [-0.39, 0.29) is 17.2 Å². The van der Waals surface area contributed by atoms with Crippen LogP contribution in [0.2, 0.25) is 0 Å². The quantitative estimate of drug-likeness (QED) is 0.348. The van der Waals surface area contributed by atoms with Crippen LogP contribution in [0, 0.1) is 5.92 Å². The Kier molecular flexibility index (Phi) is 10.7. The highest BCUT2D eigenvalue weighted by molar-refractivity contribution is 6.03. The van der Waals surface area contributed by atoms with Crippen LogP contribution in [0.4, 0.5) is 0 Å². The van der Waals surface area contributed by atoms with Crippen molar-refractivity contribution in [3.8, 4) is 0 Å². The zero-order valence-electron chi connectivity index (χ0n) is 16.8. The molecule has 0 aliphatic rings. The Hall–Kier alpha value is -1.84. The smallest absolute Gasteiger partial charge is 0.339 e. The van der Waals surface area contributed by atoms with Crippen molar-refractivity contribution in [1.82, 2.24) is 0 Å². The van der Waals surface area contributed by atoms with Crippen molar-refractivity contribution in [2.45, 2.75) is 78.7 Å². The van der Waals surface area contributed by atoms with Crippen LogP contribution in [0.5, 0.6) is 0 Å². The number of carbonyl (C=O) groups excluding carboxylic acids is 2. The van der Waals surface area contributed by atoms with Crippen LogP contribution in [0.25, 0.3) is 0 Å². The number of rotatable bonds is 12. The Balaban J connectivity index is 2.57. The Bertz CT molecular complexity index is 551. The van der Waals surface area contributed by atoms with E-state index in [1.54, 1.807) is 24.3 Å². The van der Waals surface area contributed by atoms with E-state index < -0.39 is 11.9 Å². The summed E-state index contributed by atoms with van der Waals surface area (Å²) >= 11 is 0. The first-order valence-corrected chi connectivity index (χ1v) is 9.92. The first-order valence-electron chi connectivity index (χ1n) is 9.92. The molecular formula is C22H34O4. The number of ether oxygens (including phenoxy) is 2. The molecule has 0 spiro atoms. The largest absolute Gasteiger partial charge is 0.462 e. The van der Waals surface area contributed by atoms with E-state index in [4.69, 9.17) is 9.47 Å². The van der Waals surface area contributed by atoms with Gasteiger partial charge in [-0.1, -0.05) is 58.6 Å². The molecule has 146 valence electrons. The van der Waals surface area contributed by atoms with Gasteiger partial charge in [-0.3, -0.25) is 0 Å². The van der Waals surface area contributed by atoms with Gasteiger partial charge in [0.2, 0.25) is 0 Å². The molecular weight excluding hydrogens is 328 g/mol. The molecule has 0 heterocycles. The molecule has 0 radical (unpaired) electrons. The highest BCUT2D eigenvalue weighted by atomic mass is 16.5. The third-order valence-electron chi connectivity index (χ3n) is 4.31. The Morgan fingerprint density at radius 1 is 0.885 bits per heavy atom. The van der Waals surface area contributed by atoms with Crippen LogP contribution in [0.3, 0.4) is 0 Å². The second kappa shape index (κ2) is 12.5. The van der Waals surface area contributed by atoms with Gasteiger partial charge in [0.25, 0.3) is 0 Å². The monoisotopic (exact) mass is 362 g/mol. The molecule has 0 saturated carbocycles. The lowest BCUT2D eigenvalue weighted by Crippen LogP contribution is -2.19. The minimum absolute atomic E-state index is 0.174. The summed E-state index contributed by atoms with van der Waals surface area (Å²) in [4.78, 5) is 24.8. The van der Waals surface area contributed by atoms with Crippen molar-refractivity contribution in [3.05, 3.63) is 35.4 Å². The van der Waals surface area contributed by atoms with Crippen molar-refractivity contribution in [3.63, 3.8) is 0 Å². The fraction of sp³-hybridized carbons (Fsp3) is 0.636. The third kappa shape index (κ3) is 8.50. The number of unbranched alkanes of at least 4 members (excludes halogenated alkanes) is 4. The fourth-order valence-electron chi connectivity index (χ4n) is 2.66. The molecule has 0 N–H and O–H groups in total. The van der Waals surface area contributed by atoms with Crippen molar-refractivity contribution in [2.24, 2.45) is 5.92 Å². The van der Waals surface area contributed by atoms with Crippen molar-refractivity contribution in [2.75, 3.05) is 6.61 Å². The van der Waals surface area contributed by atoms with Crippen LogP contribution < -0.4 is 0 Å². The Morgan fingerprint density at radius 2 is 1.50 bits per heavy atom. The highest BCUT2D eigenvalue weighted by Gasteiger charge is 2.20. The Morgan fingerprint density at radius 3 is 2.12 bits per heavy atom. The number of carbonyl (C=O) groups is 2. The van der Waals surface area contributed by atoms with Gasteiger partial charge in [0.1, 0.15) is 0 Å². The summed E-state index contributed by atoms with van der Waals surface area (Å²) in [7, 11) is 0. The summed E-state index contributed by atoms with van der Waals surface area (Å²) in [6.45, 7) is 8.72. The molecule has 0 saturated heterocycles. The second-order valence-corrected chi connectivity index (χ2v) is 7.28. The molecule has 0 bridgehead atoms. The molecule has 0 fully saturated rings. The molecule has 1 aromatic carbocycles. The number of hydrogen-bond acceptors (Lipinski definition) is 4. The average Bonchev–Trinajstić information content (AvgIpc) is 2.62. The lowest BCUT2D eigenvalue weighted by molar-refractivity contribution is 0.0302. The maximum Gasteiger partial charge on any atom is 0.339 e. The van der Waals surface area contributed by atoms with Crippen LogP contribution in [-0.4, -0.2) is 24.6 Å². The second-order valence-electron chi connectivity index (χ2n) is 7.28. The molecule has 0 aromatic heterocycles. The molecule has 4 nitrogen and oxygen atoms in total. The lowest BCUT2D eigenvalue weighted by atomic mass is 10.1. The van der Waals surface area contributed by atoms with Gasteiger partial charge < -0.3 is 9.47 Å². The number of esters is 2. The summed E-state index contributed by atoms with van der Waals surface area (Å²) in [5, 5.41) is 0. The first kappa shape index (κ1) is 22.2. The van der Waals surface area contributed by atoms with Gasteiger partial charge in [-0.15, -0.1) is 0 Å². The van der Waals surface area contributed by atoms with Gasteiger partial charge in [0.05, 0.1) is 23.8 Å². The summed E-state index contributed by atoms with van der Waals surface area (Å²) in [5.74, 6) is -0.352. The summed E-state index contributed by atoms with van der Waals surface area (Å²) in [6, 6.07) is 6.71. The van der Waals surface area contributed by atoms with Gasteiger partial charge in [-0.25, -0.2) is 9.59 Å². The van der Waals surface area contributed by atoms with Crippen molar-refractivity contribution in [1.29, 1.82) is 0 Å². The van der Waals surface area contributed by atoms with E-state index in [0.717, 1.165) is 32.1 Å². The molecule has 0 aliphatic heterocycles. The van der Waals surface area contributed by atoms with Crippen molar-refractivity contribution >= 4 is 11.9 Å². The maximum absolute atomic E-state index is 12.4. The zero-order valence-corrected chi connectivity index (χ0v) is 16.8. The van der Waals surface area contributed by atoms with E-state index in [0.29, 0.717) is 12.5 Å². The summed E-state index contributed by atoms with van der Waals surface area (Å²) in [6.07, 6.45) is 7.09. The number of hydrogen-bond donors (Lipinski definition) is 0. The van der Waals surface area contributed by atoms with Crippen LogP contribution in [0.15, 0.2) is 24.3 Å². The molecule has 1 aromatic rings. The lowest BCUT2D eigenvalue weighted by Gasteiger charge is -2.15. The molecule has 4 heteroatoms. The van der Waals surface area contributed by atoms with E-state index in [1.807, 2.05) is 6.92 Å². The van der Waals surface area contributed by atoms with Gasteiger partial charge in [-0.05, 0) is 44.2 Å². The zero-order chi connectivity index (χ0) is 19.4. The van der Waals surface area contributed by atoms with Crippen LogP contribution in [0.1, 0.15) is 93.4 Å². The molecule has 1 unspecified atom stereocenters. The fourth-order valence-corrected chi connectivity index (χ4v) is 2.66. The minimum atomic E-state index is -0.461. The molecule has 26 heavy (non-hydrogen) atoms. The normalized spacial score (nSPS) is 12.0. The first-order chi connectivity index (χ1) is 12.5.